The van der Waals surface area contributed by atoms with Crippen LogP contribution in [-0.4, -0.2) is 79.3 Å². The van der Waals surface area contributed by atoms with Gasteiger partial charge in [-0.3, -0.25) is 14.3 Å². The van der Waals surface area contributed by atoms with Crippen LogP contribution in [0.1, 0.15) is 74.9 Å². The number of hydrogen-bond donors (Lipinski definition) is 2. The second kappa shape index (κ2) is 21.3. The molecule has 0 aliphatic carbocycles. The predicted octanol–water partition coefficient (Wildman–Crippen LogP) is 9.34. The Morgan fingerprint density at radius 2 is 1.36 bits per heavy atom. The monoisotopic (exact) mass is 893 g/mol. The molecule has 338 valence electrons. The summed E-state index contributed by atoms with van der Waals surface area (Å²) in [6, 6.07) is 19.9. The molecule has 0 aliphatic heterocycles. The van der Waals surface area contributed by atoms with Crippen molar-refractivity contribution in [2.45, 2.75) is 92.9 Å². The average Bonchev–Trinajstić information content (AvgIpc) is 3.22. The molecule has 0 radical (unpaired) electrons. The van der Waals surface area contributed by atoms with E-state index in [2.05, 4.69) is 9.83 Å². The summed E-state index contributed by atoms with van der Waals surface area (Å²) in [5.41, 5.74) is 5.64. The van der Waals surface area contributed by atoms with Crippen LogP contribution in [0.25, 0.3) is 21.7 Å². The second-order valence-corrected chi connectivity index (χ2v) is 17.6. The van der Waals surface area contributed by atoms with Crippen LogP contribution in [0.5, 0.6) is 11.5 Å². The molecule has 2 amide bonds. The predicted molar refractivity (Wildman–Crippen MR) is 245 cm³/mol. The molecule has 64 heavy (non-hydrogen) atoms. The topological polar surface area (TPSA) is 157 Å². The molecule has 2 N–H and O–H groups in total. The molecule has 3 aromatic carbocycles. The van der Waals surface area contributed by atoms with Gasteiger partial charge in [-0.25, -0.2) is 14.4 Å². The van der Waals surface area contributed by atoms with Crippen LogP contribution in [0.3, 0.4) is 0 Å². The minimum atomic E-state index is -0.763. The number of ether oxygens (including phenoxy) is 4. The Hall–Kier alpha value is -6.40. The van der Waals surface area contributed by atoms with E-state index in [-0.39, 0.29) is 63.2 Å². The number of nitrogens with zero attached hydrogens (tertiary/aromatic N) is 5. The van der Waals surface area contributed by atoms with E-state index in [0.29, 0.717) is 39.6 Å². The number of halogens is 1. The molecule has 5 rings (SSSR count). The SMILES string of the molecule is [C-]#[N+]c1cncc(COc2cc(OCc3cccc(-c4cccc(-n5ccc(CN(CCO)C(=O)OC(C)(C)C)cc5=O)c4C)c3C)c(Cl)cc2CN(CCO)C(=O)OC(C)(C)C)c1. The molecule has 0 unspecified atom stereocenters. The maximum Gasteiger partial charge on any atom is 0.410 e. The number of rotatable bonds is 16. The van der Waals surface area contributed by atoms with Gasteiger partial charge in [-0.1, -0.05) is 41.9 Å². The number of pyridine rings is 2. The fraction of sp³-hybridized carbons (Fsp3) is 0.367. The first kappa shape index (κ1) is 48.6. The van der Waals surface area contributed by atoms with Crippen LogP contribution in [-0.2, 0) is 35.8 Å². The molecular weight excluding hydrogens is 838 g/mol. The van der Waals surface area contributed by atoms with Crippen molar-refractivity contribution in [2.24, 2.45) is 0 Å². The molecule has 0 spiro atoms. The fourth-order valence-corrected chi connectivity index (χ4v) is 7.03. The standard InChI is InChI=1S/C49H56ClN5O9/c1-32-36(12-10-13-39(32)40-14-11-15-42(33(40)2)55-17-16-34(23-45(55)58)28-53(18-20-56)46(59)63-48(3,4)5)31-62-44-25-43(61-30-35-22-38(51-9)27-52-26-35)37(24-41(44)50)29-54(19-21-57)47(60)64-49(6,7)8/h10-17,22-27,56-57H,18-21,28-31H2,1-8H3. The fourth-order valence-electron chi connectivity index (χ4n) is 6.79. The van der Waals surface area contributed by atoms with Crippen molar-refractivity contribution in [3.63, 3.8) is 0 Å². The summed E-state index contributed by atoms with van der Waals surface area (Å²) in [6.45, 7) is 21.7. The normalized spacial score (nSPS) is 11.4. The van der Waals surface area contributed by atoms with Crippen molar-refractivity contribution in [1.29, 1.82) is 0 Å². The quantitative estimate of drug-likeness (QED) is 0.0915. The van der Waals surface area contributed by atoms with E-state index in [0.717, 1.165) is 27.8 Å². The zero-order chi connectivity index (χ0) is 46.8. The Kier molecular flexibility index (Phi) is 16.2. The molecule has 14 nitrogen and oxygen atoms in total. The highest BCUT2D eigenvalue weighted by molar-refractivity contribution is 6.32. The molecule has 0 saturated carbocycles. The van der Waals surface area contributed by atoms with Crippen LogP contribution >= 0.6 is 11.6 Å². The van der Waals surface area contributed by atoms with E-state index in [1.807, 2.05) is 50.2 Å². The van der Waals surface area contributed by atoms with Gasteiger partial charge in [-0.2, -0.15) is 0 Å². The Balaban J connectivity index is 1.41. The third-order valence-corrected chi connectivity index (χ3v) is 10.2. The van der Waals surface area contributed by atoms with E-state index in [9.17, 15) is 24.6 Å². The van der Waals surface area contributed by atoms with Gasteiger partial charge in [-0.15, -0.1) is 0 Å². The number of aliphatic hydroxyl groups is 2. The lowest BCUT2D eigenvalue weighted by atomic mass is 9.93. The molecule has 2 heterocycles. The maximum atomic E-state index is 13.6. The van der Waals surface area contributed by atoms with Crippen molar-refractivity contribution in [1.82, 2.24) is 19.4 Å². The lowest BCUT2D eigenvalue weighted by Gasteiger charge is -2.28. The van der Waals surface area contributed by atoms with Gasteiger partial charge >= 0.3 is 12.2 Å². The lowest BCUT2D eigenvalue weighted by molar-refractivity contribution is 0.0192. The van der Waals surface area contributed by atoms with Crippen molar-refractivity contribution in [3.8, 4) is 28.3 Å². The molecule has 15 heteroatoms. The van der Waals surface area contributed by atoms with Gasteiger partial charge in [0.05, 0.1) is 37.0 Å². The van der Waals surface area contributed by atoms with E-state index in [4.69, 9.17) is 37.1 Å². The van der Waals surface area contributed by atoms with Crippen molar-refractivity contribution >= 4 is 29.5 Å². The first-order valence-electron chi connectivity index (χ1n) is 20.8. The number of amides is 2. The van der Waals surface area contributed by atoms with Crippen LogP contribution < -0.4 is 15.0 Å². The summed E-state index contributed by atoms with van der Waals surface area (Å²) in [7, 11) is 0. The van der Waals surface area contributed by atoms with Gasteiger partial charge in [0.2, 0.25) is 5.69 Å². The zero-order valence-corrected chi connectivity index (χ0v) is 38.4. The van der Waals surface area contributed by atoms with E-state index in [1.54, 1.807) is 82.8 Å². The van der Waals surface area contributed by atoms with Gasteiger partial charge in [0, 0.05) is 55.9 Å². The number of hydrogen-bond acceptors (Lipinski definition) is 10. The molecule has 2 aromatic heterocycles. The van der Waals surface area contributed by atoms with Crippen molar-refractivity contribution in [2.75, 3.05) is 26.3 Å². The Morgan fingerprint density at radius 3 is 1.97 bits per heavy atom. The summed E-state index contributed by atoms with van der Waals surface area (Å²) in [5.74, 6) is 0.696. The van der Waals surface area contributed by atoms with Crippen LogP contribution in [0.2, 0.25) is 5.02 Å². The highest BCUT2D eigenvalue weighted by Crippen LogP contribution is 2.37. The molecule has 0 atom stereocenters. The lowest BCUT2D eigenvalue weighted by Crippen LogP contribution is -2.38. The molecule has 0 saturated heterocycles. The smallest absolute Gasteiger partial charge is 0.410 e. The first-order valence-corrected chi connectivity index (χ1v) is 21.2. The summed E-state index contributed by atoms with van der Waals surface area (Å²) in [6.07, 6.45) is 3.56. The molecule has 0 aliphatic rings. The van der Waals surface area contributed by atoms with Crippen LogP contribution in [0.15, 0.2) is 90.1 Å². The van der Waals surface area contributed by atoms with Crippen molar-refractivity contribution < 1.29 is 38.7 Å². The number of aliphatic hydroxyl groups excluding tert-OH is 2. The Bertz CT molecular complexity index is 2560. The third kappa shape index (κ3) is 13.1. The van der Waals surface area contributed by atoms with E-state index < -0.39 is 23.4 Å². The minimum Gasteiger partial charge on any atom is -0.488 e. The van der Waals surface area contributed by atoms with Gasteiger partial charge < -0.3 is 39.0 Å². The summed E-state index contributed by atoms with van der Waals surface area (Å²) in [4.78, 5) is 49.9. The summed E-state index contributed by atoms with van der Waals surface area (Å²) >= 11 is 6.86. The summed E-state index contributed by atoms with van der Waals surface area (Å²) in [5, 5.41) is 19.7. The van der Waals surface area contributed by atoms with E-state index in [1.165, 1.54) is 22.1 Å². The Labute approximate surface area is 379 Å². The second-order valence-electron chi connectivity index (χ2n) is 17.2. The maximum absolute atomic E-state index is 13.6. The Morgan fingerprint density at radius 1 is 0.750 bits per heavy atom. The third-order valence-electron chi connectivity index (χ3n) is 9.86. The first-order chi connectivity index (χ1) is 30.3. The van der Waals surface area contributed by atoms with E-state index >= 15 is 0 Å². The number of aromatic nitrogens is 2. The number of carbonyl (C=O) groups excluding carboxylic acids is 2. The van der Waals surface area contributed by atoms with Gasteiger partial charge in [0.1, 0.15) is 35.9 Å². The molecule has 5 aromatic rings. The van der Waals surface area contributed by atoms with Crippen LogP contribution in [0, 0.1) is 20.4 Å². The highest BCUT2D eigenvalue weighted by Gasteiger charge is 2.25. The minimum absolute atomic E-state index is 0.00454. The average molecular weight is 894 g/mol. The molecule has 0 bridgehead atoms. The van der Waals surface area contributed by atoms with Gasteiger partial charge in [0.25, 0.3) is 5.56 Å². The van der Waals surface area contributed by atoms with Gasteiger partial charge in [-0.05, 0) is 119 Å². The van der Waals surface area contributed by atoms with Crippen molar-refractivity contribution in [3.05, 3.63) is 145 Å². The molecule has 0 fully saturated rings. The zero-order valence-electron chi connectivity index (χ0n) is 37.6. The van der Waals surface area contributed by atoms with Crippen LogP contribution in [0.4, 0.5) is 15.3 Å². The summed E-state index contributed by atoms with van der Waals surface area (Å²) < 4.78 is 25.3. The largest absolute Gasteiger partial charge is 0.488 e. The number of benzene rings is 3. The van der Waals surface area contributed by atoms with Gasteiger partial charge in [0.15, 0.2) is 0 Å². The molecular formula is C49H56ClN5O9. The highest BCUT2D eigenvalue weighted by atomic mass is 35.5. The number of carbonyl (C=O) groups is 2.